The molecule has 0 aliphatic carbocycles. The predicted octanol–water partition coefficient (Wildman–Crippen LogP) is 4.15. The van der Waals surface area contributed by atoms with Crippen LogP contribution in [0.5, 0.6) is 0 Å². The van der Waals surface area contributed by atoms with Gasteiger partial charge in [0.15, 0.2) is 0 Å². The number of aromatic nitrogens is 1. The normalized spacial score (nSPS) is 18.7. The van der Waals surface area contributed by atoms with Gasteiger partial charge < -0.3 is 15.7 Å². The fourth-order valence-corrected chi connectivity index (χ4v) is 6.46. The van der Waals surface area contributed by atoms with Gasteiger partial charge in [-0.2, -0.15) is 10.6 Å². The Morgan fingerprint density at radius 3 is 2.55 bits per heavy atom. The van der Waals surface area contributed by atoms with Crippen LogP contribution in [0, 0.1) is 11.6 Å². The molecule has 1 amide bonds. The molecule has 0 bridgehead atoms. The van der Waals surface area contributed by atoms with E-state index in [1.165, 1.54) is 12.1 Å². The molecule has 2 heterocycles. The molecule has 10 heteroatoms. The summed E-state index contributed by atoms with van der Waals surface area (Å²) in [7, 11) is -2.85. The summed E-state index contributed by atoms with van der Waals surface area (Å²) in [6.07, 6.45) is 1.22. The number of carbonyl (C=O) groups excluding carboxylic acids is 1. The van der Waals surface area contributed by atoms with Crippen molar-refractivity contribution in [3.8, 4) is 0 Å². The molecule has 7 nitrogen and oxygen atoms in total. The Morgan fingerprint density at radius 1 is 1.11 bits per heavy atom. The summed E-state index contributed by atoms with van der Waals surface area (Å²) in [5.74, 6) is -1.60. The summed E-state index contributed by atoms with van der Waals surface area (Å²) in [5, 5.41) is 17.2. The number of rotatable bonds is 10. The third kappa shape index (κ3) is 7.58. The van der Waals surface area contributed by atoms with Gasteiger partial charge in [-0.3, -0.25) is 18.9 Å². The highest BCUT2D eigenvalue weighted by atomic mass is 32.3. The van der Waals surface area contributed by atoms with Gasteiger partial charge >= 0.3 is 0 Å². The molecular weight excluding hydrogens is 512 g/mol. The molecule has 2 aromatic carbocycles. The second-order valence-electron chi connectivity index (χ2n) is 9.68. The maximum Gasteiger partial charge on any atom is 0.226 e. The number of aliphatic hydroxyl groups is 1. The molecule has 4 rings (SSSR count). The van der Waals surface area contributed by atoms with E-state index in [-0.39, 0.29) is 36.5 Å². The van der Waals surface area contributed by atoms with Crippen molar-refractivity contribution in [1.29, 1.82) is 0 Å². The Hall–Kier alpha value is -2.89. The van der Waals surface area contributed by atoms with Crippen molar-refractivity contribution in [2.24, 2.45) is 0 Å². The third-order valence-electron chi connectivity index (χ3n) is 6.64. The van der Waals surface area contributed by atoms with Crippen LogP contribution in [-0.2, 0) is 29.8 Å². The molecule has 0 fully saturated rings. The standard InChI is InChI=1S/C28H33F2N3O4S/c1-2-18-6-7-20-16-38(36,37)17-26(24(20)11-18)32-15-27(34)25(12-19-9-21(29)13-22(30)10-19)33-28(35)14-23-5-3-4-8-31-23/h3-11,13,25-27,32,34,36-37H,2,12,14-17H2,1H3,(H,33,35)/t25-,26-,27-/m0/s1. The molecule has 1 aromatic heterocycles. The number of amides is 1. The fourth-order valence-electron chi connectivity index (χ4n) is 4.75. The highest BCUT2D eigenvalue weighted by molar-refractivity contribution is 8.23. The Morgan fingerprint density at radius 2 is 1.87 bits per heavy atom. The molecule has 204 valence electrons. The SMILES string of the molecule is CCc1ccc2c(c1)[C@@H](NC[C@H](O)[C@H](Cc1cc(F)cc(F)c1)NC(=O)Cc1ccccn1)CS(O)(O)C2. The minimum Gasteiger partial charge on any atom is -0.390 e. The van der Waals surface area contributed by atoms with Crippen LogP contribution in [0.4, 0.5) is 8.78 Å². The van der Waals surface area contributed by atoms with Crippen molar-refractivity contribution in [2.75, 3.05) is 12.3 Å². The van der Waals surface area contributed by atoms with Gasteiger partial charge in [-0.15, -0.1) is 0 Å². The van der Waals surface area contributed by atoms with Gasteiger partial charge in [-0.1, -0.05) is 31.2 Å². The third-order valence-corrected chi connectivity index (χ3v) is 8.28. The van der Waals surface area contributed by atoms with E-state index >= 15 is 0 Å². The first-order chi connectivity index (χ1) is 18.1. The largest absolute Gasteiger partial charge is 0.390 e. The Labute approximate surface area is 222 Å². The number of aliphatic hydroxyl groups excluding tert-OH is 1. The quantitative estimate of drug-likeness (QED) is 0.262. The lowest BCUT2D eigenvalue weighted by molar-refractivity contribution is -0.122. The summed E-state index contributed by atoms with van der Waals surface area (Å²) in [6, 6.07) is 12.9. The van der Waals surface area contributed by atoms with Gasteiger partial charge in [0.05, 0.1) is 36.1 Å². The first-order valence-corrected chi connectivity index (χ1v) is 14.4. The van der Waals surface area contributed by atoms with E-state index in [9.17, 15) is 27.8 Å². The van der Waals surface area contributed by atoms with E-state index in [0.717, 1.165) is 29.2 Å². The van der Waals surface area contributed by atoms with Crippen LogP contribution >= 0.6 is 10.6 Å². The highest BCUT2D eigenvalue weighted by Gasteiger charge is 2.31. The van der Waals surface area contributed by atoms with Crippen LogP contribution in [0.1, 0.15) is 40.9 Å². The van der Waals surface area contributed by atoms with E-state index in [1.54, 1.807) is 24.4 Å². The molecule has 1 aliphatic rings. The van der Waals surface area contributed by atoms with Crippen molar-refractivity contribution < 1.29 is 27.8 Å². The van der Waals surface area contributed by atoms with E-state index in [2.05, 4.69) is 15.6 Å². The van der Waals surface area contributed by atoms with Crippen LogP contribution in [0.15, 0.2) is 60.8 Å². The van der Waals surface area contributed by atoms with Crippen molar-refractivity contribution in [2.45, 2.75) is 50.1 Å². The minimum absolute atomic E-state index is 0.00229. The van der Waals surface area contributed by atoms with Crippen LogP contribution in [0.25, 0.3) is 0 Å². The van der Waals surface area contributed by atoms with Crippen LogP contribution in [-0.4, -0.2) is 49.5 Å². The first kappa shape index (κ1) is 28.1. The lowest BCUT2D eigenvalue weighted by Crippen LogP contribution is -2.50. The molecule has 0 unspecified atom stereocenters. The van der Waals surface area contributed by atoms with Gasteiger partial charge in [0.25, 0.3) is 0 Å². The molecular formula is C28H33F2N3O4S. The summed E-state index contributed by atoms with van der Waals surface area (Å²) in [4.78, 5) is 16.9. The fraction of sp³-hybridized carbons (Fsp3) is 0.357. The van der Waals surface area contributed by atoms with Crippen molar-refractivity contribution in [3.05, 3.63) is 100 Å². The smallest absolute Gasteiger partial charge is 0.226 e. The van der Waals surface area contributed by atoms with Crippen molar-refractivity contribution >= 4 is 16.5 Å². The van der Waals surface area contributed by atoms with E-state index < -0.39 is 46.3 Å². The summed E-state index contributed by atoms with van der Waals surface area (Å²) in [6.45, 7) is 2.04. The number of nitrogens with one attached hydrogen (secondary N) is 2. The van der Waals surface area contributed by atoms with E-state index in [1.807, 2.05) is 25.1 Å². The Bertz CT molecular complexity index is 1240. The monoisotopic (exact) mass is 545 g/mol. The zero-order chi connectivity index (χ0) is 27.3. The number of benzene rings is 2. The van der Waals surface area contributed by atoms with Gasteiger partial charge in [0.1, 0.15) is 11.6 Å². The molecule has 0 saturated carbocycles. The minimum atomic E-state index is -2.85. The maximum absolute atomic E-state index is 13.8. The number of fused-ring (bicyclic) bond motifs is 1. The summed E-state index contributed by atoms with van der Waals surface area (Å²) in [5.41, 5.74) is 3.74. The molecule has 5 N–H and O–H groups in total. The number of hydrogen-bond donors (Lipinski definition) is 5. The molecule has 0 spiro atoms. The number of carbonyl (C=O) groups is 1. The molecule has 3 aromatic rings. The van der Waals surface area contributed by atoms with Crippen LogP contribution in [0.3, 0.4) is 0 Å². The number of nitrogens with zero attached hydrogens (tertiary/aromatic N) is 1. The lowest BCUT2D eigenvalue weighted by Gasteiger charge is -2.42. The highest BCUT2D eigenvalue weighted by Crippen LogP contribution is 2.50. The second kappa shape index (κ2) is 12.3. The summed E-state index contributed by atoms with van der Waals surface area (Å²) < 4.78 is 48.7. The molecule has 0 radical (unpaired) electrons. The van der Waals surface area contributed by atoms with Gasteiger partial charge in [0, 0.05) is 24.5 Å². The average Bonchev–Trinajstić information content (AvgIpc) is 2.86. The van der Waals surface area contributed by atoms with E-state index in [0.29, 0.717) is 5.69 Å². The first-order valence-electron chi connectivity index (χ1n) is 12.5. The Kier molecular flexibility index (Phi) is 9.11. The van der Waals surface area contributed by atoms with Crippen molar-refractivity contribution in [3.63, 3.8) is 0 Å². The average molecular weight is 546 g/mol. The van der Waals surface area contributed by atoms with Gasteiger partial charge in [-0.05, 0) is 59.4 Å². The molecule has 1 aliphatic heterocycles. The second-order valence-corrected chi connectivity index (χ2v) is 11.9. The Balaban J connectivity index is 1.51. The summed E-state index contributed by atoms with van der Waals surface area (Å²) >= 11 is 0. The van der Waals surface area contributed by atoms with E-state index in [4.69, 9.17) is 0 Å². The van der Waals surface area contributed by atoms with Crippen molar-refractivity contribution in [1.82, 2.24) is 15.6 Å². The van der Waals surface area contributed by atoms with Gasteiger partial charge in [-0.25, -0.2) is 8.78 Å². The number of halogens is 2. The molecule has 38 heavy (non-hydrogen) atoms. The molecule has 0 saturated heterocycles. The predicted molar refractivity (Wildman–Crippen MR) is 144 cm³/mol. The molecule has 3 atom stereocenters. The topological polar surface area (TPSA) is 115 Å². The number of hydrogen-bond acceptors (Lipinski definition) is 6. The van der Waals surface area contributed by atoms with Gasteiger partial charge in [0.2, 0.25) is 5.91 Å². The zero-order valence-corrected chi connectivity index (χ0v) is 21.9. The maximum atomic E-state index is 13.8. The number of aryl methyl sites for hydroxylation is 1. The zero-order valence-electron chi connectivity index (χ0n) is 21.1. The number of pyridine rings is 1. The van der Waals surface area contributed by atoms with Crippen LogP contribution in [0.2, 0.25) is 0 Å². The lowest BCUT2D eigenvalue weighted by atomic mass is 9.97. The van der Waals surface area contributed by atoms with Crippen LogP contribution < -0.4 is 10.6 Å².